The van der Waals surface area contributed by atoms with Gasteiger partial charge in [-0.2, -0.15) is 13.2 Å². The first-order valence-electron chi connectivity index (χ1n) is 9.79. The van der Waals surface area contributed by atoms with Crippen molar-refractivity contribution in [3.05, 3.63) is 98.0 Å². The predicted molar refractivity (Wildman–Crippen MR) is 119 cm³/mol. The van der Waals surface area contributed by atoms with E-state index < -0.39 is 35.4 Å². The highest BCUT2D eigenvalue weighted by atomic mass is 35.5. The van der Waals surface area contributed by atoms with Gasteiger partial charge in [-0.15, -0.1) is 0 Å². The Labute approximate surface area is 194 Å². The van der Waals surface area contributed by atoms with Gasteiger partial charge in [0.25, 0.3) is 5.56 Å². The van der Waals surface area contributed by atoms with E-state index in [0.717, 1.165) is 21.3 Å². The first kappa shape index (κ1) is 23.2. The number of pyridine rings is 2. The molecule has 3 heterocycles. The molecule has 0 unspecified atom stereocenters. The molecular weight excluding hydrogens is 475 g/mol. The molecule has 0 saturated heterocycles. The number of nitrogens with one attached hydrogen (secondary N) is 1. The Morgan fingerprint density at radius 1 is 1.03 bits per heavy atom. The summed E-state index contributed by atoms with van der Waals surface area (Å²) in [6.07, 6.45) is -0.252. The van der Waals surface area contributed by atoms with Crippen molar-refractivity contribution in [1.29, 1.82) is 0 Å². The van der Waals surface area contributed by atoms with Gasteiger partial charge in [0.05, 0.1) is 28.3 Å². The average molecular weight is 490 g/mol. The summed E-state index contributed by atoms with van der Waals surface area (Å²) < 4.78 is 41.0. The third-order valence-corrected chi connectivity index (χ3v) is 5.28. The number of hydrogen-bond acceptors (Lipinski definition) is 5. The van der Waals surface area contributed by atoms with Crippen molar-refractivity contribution in [3.8, 4) is 0 Å². The molecule has 3 aromatic heterocycles. The largest absolute Gasteiger partial charge is 0.416 e. The Kier molecular flexibility index (Phi) is 6.20. The number of amides is 1. The number of aromatic nitrogens is 4. The zero-order chi connectivity index (χ0) is 24.5. The van der Waals surface area contributed by atoms with E-state index in [9.17, 15) is 27.6 Å². The number of halogens is 4. The number of nitrogens with zero attached hydrogens (tertiary/aromatic N) is 4. The number of fused-ring (bicyclic) bond motifs is 1. The van der Waals surface area contributed by atoms with Crippen molar-refractivity contribution in [2.75, 3.05) is 5.32 Å². The maximum absolute atomic E-state index is 13.2. The minimum atomic E-state index is -4.63. The fraction of sp³-hybridized carbons (Fsp3) is 0.136. The molecule has 4 aromatic rings. The number of alkyl halides is 3. The van der Waals surface area contributed by atoms with Crippen LogP contribution in [0.1, 0.15) is 11.1 Å². The molecule has 0 fully saturated rings. The van der Waals surface area contributed by atoms with E-state index in [4.69, 9.17) is 11.6 Å². The highest BCUT2D eigenvalue weighted by Crippen LogP contribution is 2.33. The summed E-state index contributed by atoms with van der Waals surface area (Å²) in [6.45, 7) is -0.683. The summed E-state index contributed by atoms with van der Waals surface area (Å²) in [5.41, 5.74) is -2.00. The van der Waals surface area contributed by atoms with E-state index in [1.165, 1.54) is 30.7 Å². The van der Waals surface area contributed by atoms with Crippen LogP contribution in [-0.2, 0) is 24.1 Å². The molecule has 0 aliphatic heterocycles. The zero-order valence-electron chi connectivity index (χ0n) is 17.2. The van der Waals surface area contributed by atoms with Crippen LogP contribution in [0.15, 0.2) is 70.6 Å². The van der Waals surface area contributed by atoms with Crippen LogP contribution in [0, 0.1) is 0 Å². The van der Waals surface area contributed by atoms with Gasteiger partial charge in [0.2, 0.25) is 5.91 Å². The van der Waals surface area contributed by atoms with Crippen molar-refractivity contribution in [3.63, 3.8) is 0 Å². The standard InChI is InChI=1S/C22H15ClF3N5O3/c23-15-4-3-14(22(24,25)26)10-16(15)29-18(32)12-30-17-2-1-7-28-19(17)20(33)31(21(30)34)11-13-5-8-27-9-6-13/h1-10H,11-12H2,(H,29,32). The third-order valence-electron chi connectivity index (χ3n) is 4.95. The van der Waals surface area contributed by atoms with Gasteiger partial charge in [-0.05, 0) is 48.0 Å². The topological polar surface area (TPSA) is 98.9 Å². The van der Waals surface area contributed by atoms with E-state index in [1.54, 1.807) is 12.1 Å². The second-order valence-electron chi connectivity index (χ2n) is 7.23. The molecule has 0 atom stereocenters. The molecule has 0 aliphatic carbocycles. The minimum Gasteiger partial charge on any atom is -0.323 e. The van der Waals surface area contributed by atoms with Crippen LogP contribution in [0.2, 0.25) is 5.02 Å². The van der Waals surface area contributed by atoms with Gasteiger partial charge in [0, 0.05) is 18.6 Å². The number of carbonyl (C=O) groups is 1. The summed E-state index contributed by atoms with van der Waals surface area (Å²) in [7, 11) is 0. The molecule has 0 bridgehead atoms. The first-order chi connectivity index (χ1) is 16.1. The van der Waals surface area contributed by atoms with E-state index in [2.05, 4.69) is 15.3 Å². The molecule has 174 valence electrons. The number of carbonyl (C=O) groups excluding carboxylic acids is 1. The van der Waals surface area contributed by atoms with Crippen LogP contribution in [0.4, 0.5) is 18.9 Å². The lowest BCUT2D eigenvalue weighted by molar-refractivity contribution is -0.137. The molecule has 0 spiro atoms. The lowest BCUT2D eigenvalue weighted by Crippen LogP contribution is -2.42. The summed E-state index contributed by atoms with van der Waals surface area (Å²) in [5.74, 6) is -0.817. The molecule has 0 aliphatic rings. The van der Waals surface area contributed by atoms with Gasteiger partial charge in [-0.3, -0.25) is 23.7 Å². The smallest absolute Gasteiger partial charge is 0.323 e. The van der Waals surface area contributed by atoms with Crippen LogP contribution in [0.5, 0.6) is 0 Å². The number of anilines is 1. The molecule has 12 heteroatoms. The first-order valence-corrected chi connectivity index (χ1v) is 10.2. The van der Waals surface area contributed by atoms with E-state index in [-0.39, 0.29) is 28.3 Å². The maximum Gasteiger partial charge on any atom is 0.416 e. The van der Waals surface area contributed by atoms with Crippen molar-refractivity contribution in [2.24, 2.45) is 0 Å². The lowest BCUT2D eigenvalue weighted by atomic mass is 10.2. The van der Waals surface area contributed by atoms with Crippen LogP contribution in [-0.4, -0.2) is 25.0 Å². The molecule has 34 heavy (non-hydrogen) atoms. The van der Waals surface area contributed by atoms with Gasteiger partial charge in [-0.1, -0.05) is 11.6 Å². The Hall–Kier alpha value is -3.99. The van der Waals surface area contributed by atoms with Crippen molar-refractivity contribution >= 4 is 34.2 Å². The minimum absolute atomic E-state index is 0.0407. The Morgan fingerprint density at radius 2 is 1.76 bits per heavy atom. The third kappa shape index (κ3) is 4.69. The van der Waals surface area contributed by atoms with Crippen molar-refractivity contribution in [1.82, 2.24) is 19.1 Å². The molecular formula is C22H15ClF3N5O3. The molecule has 0 radical (unpaired) electrons. The van der Waals surface area contributed by atoms with Gasteiger partial charge < -0.3 is 5.32 Å². The van der Waals surface area contributed by atoms with E-state index in [0.29, 0.717) is 11.6 Å². The van der Waals surface area contributed by atoms with E-state index >= 15 is 0 Å². The molecule has 8 nitrogen and oxygen atoms in total. The average Bonchev–Trinajstić information content (AvgIpc) is 2.81. The summed E-state index contributed by atoms with van der Waals surface area (Å²) in [6, 6.07) is 8.70. The van der Waals surface area contributed by atoms with Gasteiger partial charge in [-0.25, -0.2) is 9.78 Å². The monoisotopic (exact) mass is 489 g/mol. The molecule has 1 aromatic carbocycles. The van der Waals surface area contributed by atoms with Crippen molar-refractivity contribution < 1.29 is 18.0 Å². The second-order valence-corrected chi connectivity index (χ2v) is 7.63. The van der Waals surface area contributed by atoms with Gasteiger partial charge >= 0.3 is 11.9 Å². The zero-order valence-corrected chi connectivity index (χ0v) is 18.0. The van der Waals surface area contributed by atoms with Crippen LogP contribution < -0.4 is 16.6 Å². The van der Waals surface area contributed by atoms with Crippen LogP contribution in [0.25, 0.3) is 11.0 Å². The molecule has 1 amide bonds. The fourth-order valence-electron chi connectivity index (χ4n) is 3.34. The highest BCUT2D eigenvalue weighted by molar-refractivity contribution is 6.33. The predicted octanol–water partition coefficient (Wildman–Crippen LogP) is 3.31. The number of benzene rings is 1. The quantitative estimate of drug-likeness (QED) is 0.464. The lowest BCUT2D eigenvalue weighted by Gasteiger charge is -2.15. The number of hydrogen-bond donors (Lipinski definition) is 1. The Balaban J connectivity index is 1.73. The highest BCUT2D eigenvalue weighted by Gasteiger charge is 2.31. The molecule has 4 rings (SSSR count). The SMILES string of the molecule is O=C(Cn1c(=O)n(Cc2ccncc2)c(=O)c2ncccc21)Nc1cc(C(F)(F)F)ccc1Cl. The molecule has 1 N–H and O–H groups in total. The Morgan fingerprint density at radius 3 is 2.47 bits per heavy atom. The van der Waals surface area contributed by atoms with Crippen LogP contribution >= 0.6 is 11.6 Å². The maximum atomic E-state index is 13.2. The second kappa shape index (κ2) is 9.10. The van der Waals surface area contributed by atoms with E-state index in [1.807, 2.05) is 0 Å². The Bertz CT molecular complexity index is 1500. The summed E-state index contributed by atoms with van der Waals surface area (Å²) >= 11 is 5.94. The fourth-order valence-corrected chi connectivity index (χ4v) is 3.50. The number of rotatable bonds is 5. The summed E-state index contributed by atoms with van der Waals surface area (Å²) in [4.78, 5) is 46.7. The van der Waals surface area contributed by atoms with Crippen LogP contribution in [0.3, 0.4) is 0 Å². The molecule has 0 saturated carbocycles. The van der Waals surface area contributed by atoms with Gasteiger partial charge in [0.1, 0.15) is 6.54 Å². The van der Waals surface area contributed by atoms with Crippen molar-refractivity contribution in [2.45, 2.75) is 19.3 Å². The summed E-state index contributed by atoms with van der Waals surface area (Å²) in [5, 5.41) is 2.19. The van der Waals surface area contributed by atoms with Gasteiger partial charge in [0.15, 0.2) is 5.52 Å². The normalized spacial score (nSPS) is 11.5.